The first kappa shape index (κ1) is 17.6. The Labute approximate surface area is 160 Å². The lowest BCUT2D eigenvalue weighted by molar-refractivity contribution is 0.0715. The lowest BCUT2D eigenvalue weighted by Gasteiger charge is -2.26. The summed E-state index contributed by atoms with van der Waals surface area (Å²) in [7, 11) is 2.00. The molecule has 1 aliphatic rings. The van der Waals surface area contributed by atoms with Crippen LogP contribution in [0.4, 0.5) is 0 Å². The molecule has 0 spiro atoms. The van der Waals surface area contributed by atoms with Gasteiger partial charge in [-0.3, -0.25) is 4.79 Å². The summed E-state index contributed by atoms with van der Waals surface area (Å²) in [5.74, 6) is 0.0727. The molecule has 5 heteroatoms. The number of aromatic nitrogens is 3. The minimum absolute atomic E-state index is 0.0727. The van der Waals surface area contributed by atoms with Crippen LogP contribution in [0.25, 0.3) is 17.1 Å². The molecule has 1 fully saturated rings. The van der Waals surface area contributed by atoms with Crippen LogP contribution in [0, 0.1) is 13.8 Å². The molecule has 0 saturated carbocycles. The highest BCUT2D eigenvalue weighted by Crippen LogP contribution is 2.25. The predicted molar refractivity (Wildman–Crippen MR) is 107 cm³/mol. The average molecular weight is 362 g/mol. The van der Waals surface area contributed by atoms with Crippen LogP contribution in [0.15, 0.2) is 42.6 Å². The number of likely N-dealkylation sites (tertiary alicyclic amines) is 1. The van der Waals surface area contributed by atoms with Crippen molar-refractivity contribution in [3.63, 3.8) is 0 Å². The molecule has 0 N–H and O–H groups in total. The Hall–Kier alpha value is -2.82. The first-order valence-corrected chi connectivity index (χ1v) is 9.63. The normalized spacial score (nSPS) is 14.6. The van der Waals surface area contributed by atoms with E-state index < -0.39 is 0 Å². The molecule has 1 saturated heterocycles. The zero-order chi connectivity index (χ0) is 19.0. The number of benzene rings is 1. The van der Waals surface area contributed by atoms with Gasteiger partial charge in [0.1, 0.15) is 11.4 Å². The standard InChI is InChI=1S/C22H26N4O/c1-16-9-10-17(2)20(14-16)26-21(22(27)25-12-5-4-6-13-25)15-18(23-26)19-8-7-11-24(19)3/h7-11,14-15H,4-6,12-13H2,1-3H3. The molecule has 140 valence electrons. The summed E-state index contributed by atoms with van der Waals surface area (Å²) in [6.07, 6.45) is 5.36. The fraction of sp³-hybridized carbons (Fsp3) is 0.364. The summed E-state index contributed by atoms with van der Waals surface area (Å²) in [6, 6.07) is 12.2. The molecule has 0 aliphatic carbocycles. The number of amides is 1. The van der Waals surface area contributed by atoms with Crippen LogP contribution >= 0.6 is 0 Å². The summed E-state index contributed by atoms with van der Waals surface area (Å²) in [6.45, 7) is 5.79. The zero-order valence-corrected chi connectivity index (χ0v) is 16.3. The number of carbonyl (C=O) groups excluding carboxylic acids is 1. The molecule has 1 aromatic carbocycles. The van der Waals surface area contributed by atoms with Crippen LogP contribution in [0.2, 0.25) is 0 Å². The van der Waals surface area contributed by atoms with Crippen LogP contribution in [-0.2, 0) is 7.05 Å². The van der Waals surface area contributed by atoms with Crippen molar-refractivity contribution in [3.8, 4) is 17.1 Å². The number of nitrogens with zero attached hydrogens (tertiary/aromatic N) is 4. The van der Waals surface area contributed by atoms with Gasteiger partial charge in [-0.25, -0.2) is 4.68 Å². The van der Waals surface area contributed by atoms with Gasteiger partial charge in [-0.1, -0.05) is 12.1 Å². The molecule has 5 nitrogen and oxygen atoms in total. The van der Waals surface area contributed by atoms with E-state index in [0.717, 1.165) is 54.1 Å². The minimum atomic E-state index is 0.0727. The van der Waals surface area contributed by atoms with Gasteiger partial charge < -0.3 is 9.47 Å². The molecule has 4 rings (SSSR count). The molecule has 0 radical (unpaired) electrons. The van der Waals surface area contributed by atoms with E-state index >= 15 is 0 Å². The van der Waals surface area contributed by atoms with E-state index in [1.54, 1.807) is 0 Å². The highest BCUT2D eigenvalue weighted by Gasteiger charge is 2.25. The van der Waals surface area contributed by atoms with Crippen molar-refractivity contribution < 1.29 is 4.79 Å². The smallest absolute Gasteiger partial charge is 0.272 e. The second kappa shape index (κ2) is 7.06. The zero-order valence-electron chi connectivity index (χ0n) is 16.3. The van der Waals surface area contributed by atoms with Crippen molar-refractivity contribution in [2.24, 2.45) is 7.05 Å². The molecule has 2 aromatic heterocycles. The van der Waals surface area contributed by atoms with Crippen molar-refractivity contribution in [1.82, 2.24) is 19.2 Å². The van der Waals surface area contributed by atoms with Crippen molar-refractivity contribution in [2.45, 2.75) is 33.1 Å². The van der Waals surface area contributed by atoms with Crippen molar-refractivity contribution in [3.05, 3.63) is 59.4 Å². The SMILES string of the molecule is Cc1ccc(C)c(-n2nc(-c3cccn3C)cc2C(=O)N2CCCCC2)c1. The van der Waals surface area contributed by atoms with Crippen LogP contribution in [0.3, 0.4) is 0 Å². The van der Waals surface area contributed by atoms with Gasteiger partial charge >= 0.3 is 0 Å². The maximum absolute atomic E-state index is 13.3. The average Bonchev–Trinajstić information content (AvgIpc) is 3.30. The van der Waals surface area contributed by atoms with Gasteiger partial charge in [0, 0.05) is 26.3 Å². The molecular weight excluding hydrogens is 336 g/mol. The molecule has 0 atom stereocenters. The lowest BCUT2D eigenvalue weighted by atomic mass is 10.1. The van der Waals surface area contributed by atoms with Gasteiger partial charge in [0.2, 0.25) is 0 Å². The number of hydrogen-bond acceptors (Lipinski definition) is 2. The summed E-state index contributed by atoms with van der Waals surface area (Å²) in [4.78, 5) is 15.3. The van der Waals surface area contributed by atoms with Gasteiger partial charge in [0.15, 0.2) is 0 Å². The molecule has 3 heterocycles. The Kier molecular flexibility index (Phi) is 4.60. The summed E-state index contributed by atoms with van der Waals surface area (Å²) in [5, 5.41) is 4.85. The highest BCUT2D eigenvalue weighted by atomic mass is 16.2. The fourth-order valence-electron chi connectivity index (χ4n) is 3.78. The molecule has 1 aliphatic heterocycles. The predicted octanol–water partition coefficient (Wildman–Crippen LogP) is 4.12. The number of piperidine rings is 1. The molecular formula is C22H26N4O. The van der Waals surface area contributed by atoms with E-state index in [2.05, 4.69) is 32.0 Å². The second-order valence-electron chi connectivity index (χ2n) is 7.47. The molecule has 1 amide bonds. The van der Waals surface area contributed by atoms with E-state index in [4.69, 9.17) is 5.10 Å². The van der Waals surface area contributed by atoms with Gasteiger partial charge in [-0.05, 0) is 68.5 Å². The highest BCUT2D eigenvalue weighted by molar-refractivity contribution is 5.94. The van der Waals surface area contributed by atoms with Crippen molar-refractivity contribution in [2.75, 3.05) is 13.1 Å². The van der Waals surface area contributed by atoms with Crippen molar-refractivity contribution >= 4 is 5.91 Å². The third-order valence-corrected chi connectivity index (χ3v) is 5.37. The Morgan fingerprint density at radius 2 is 1.81 bits per heavy atom. The number of aryl methyl sites for hydroxylation is 3. The first-order valence-electron chi connectivity index (χ1n) is 9.63. The third-order valence-electron chi connectivity index (χ3n) is 5.37. The number of carbonyl (C=O) groups is 1. The summed E-state index contributed by atoms with van der Waals surface area (Å²) < 4.78 is 3.87. The Bertz CT molecular complexity index is 976. The quantitative estimate of drug-likeness (QED) is 0.703. The van der Waals surface area contributed by atoms with Gasteiger partial charge in [-0.2, -0.15) is 5.10 Å². The lowest BCUT2D eigenvalue weighted by Crippen LogP contribution is -2.36. The van der Waals surface area contributed by atoms with Gasteiger partial charge in [0.05, 0.1) is 11.4 Å². The Morgan fingerprint density at radius 3 is 2.52 bits per heavy atom. The third kappa shape index (κ3) is 3.29. The largest absolute Gasteiger partial charge is 0.349 e. The van der Waals surface area contributed by atoms with E-state index in [-0.39, 0.29) is 5.91 Å². The molecule has 27 heavy (non-hydrogen) atoms. The summed E-state index contributed by atoms with van der Waals surface area (Å²) >= 11 is 0. The Balaban J connectivity index is 1.85. The minimum Gasteiger partial charge on any atom is -0.349 e. The molecule has 0 bridgehead atoms. The second-order valence-corrected chi connectivity index (χ2v) is 7.47. The first-order chi connectivity index (χ1) is 13.0. The van der Waals surface area contributed by atoms with E-state index in [1.165, 1.54) is 6.42 Å². The van der Waals surface area contributed by atoms with Crippen LogP contribution in [-0.4, -0.2) is 38.2 Å². The van der Waals surface area contributed by atoms with Crippen LogP contribution < -0.4 is 0 Å². The van der Waals surface area contributed by atoms with E-state index in [1.807, 2.05) is 45.6 Å². The van der Waals surface area contributed by atoms with Crippen LogP contribution in [0.5, 0.6) is 0 Å². The maximum Gasteiger partial charge on any atom is 0.272 e. The number of rotatable bonds is 3. The van der Waals surface area contributed by atoms with Gasteiger partial charge in [-0.15, -0.1) is 0 Å². The maximum atomic E-state index is 13.3. The monoisotopic (exact) mass is 362 g/mol. The van der Waals surface area contributed by atoms with Crippen molar-refractivity contribution in [1.29, 1.82) is 0 Å². The topological polar surface area (TPSA) is 43.1 Å². The number of hydrogen-bond donors (Lipinski definition) is 0. The van der Waals surface area contributed by atoms with E-state index in [9.17, 15) is 4.79 Å². The van der Waals surface area contributed by atoms with E-state index in [0.29, 0.717) is 5.69 Å². The molecule has 0 unspecified atom stereocenters. The summed E-state index contributed by atoms with van der Waals surface area (Å²) in [5.41, 5.74) is 5.70. The molecule has 3 aromatic rings. The Morgan fingerprint density at radius 1 is 1.04 bits per heavy atom. The van der Waals surface area contributed by atoms with Gasteiger partial charge in [0.25, 0.3) is 5.91 Å². The van der Waals surface area contributed by atoms with Crippen LogP contribution in [0.1, 0.15) is 40.9 Å². The fourth-order valence-corrected chi connectivity index (χ4v) is 3.78.